The second-order valence-electron chi connectivity index (χ2n) is 10.9. The first kappa shape index (κ1) is 19.4. The van der Waals surface area contributed by atoms with Gasteiger partial charge in [0.15, 0.2) is 6.20 Å². The van der Waals surface area contributed by atoms with E-state index < -0.39 is 0 Å². The molecule has 0 N–H and O–H groups in total. The van der Waals surface area contributed by atoms with Crippen molar-refractivity contribution in [2.45, 2.75) is 44.9 Å². The molecule has 0 radical (unpaired) electrons. The molecule has 4 bridgehead atoms. The van der Waals surface area contributed by atoms with E-state index in [4.69, 9.17) is 4.42 Å². The minimum absolute atomic E-state index is 0.534. The molecule has 0 amide bonds. The van der Waals surface area contributed by atoms with Crippen LogP contribution >= 0.6 is 0 Å². The average Bonchev–Trinajstić information content (AvgIpc) is 3.17. The molecular weight excluding hydrogens is 404 g/mol. The van der Waals surface area contributed by atoms with Crippen LogP contribution in [0, 0.1) is 41.9 Å². The summed E-state index contributed by atoms with van der Waals surface area (Å²) in [4.78, 5) is 0. The van der Waals surface area contributed by atoms with Gasteiger partial charge in [-0.1, -0.05) is 12.1 Å². The Balaban J connectivity index is 1.51. The summed E-state index contributed by atoms with van der Waals surface area (Å²) in [5.41, 5.74) is 7.55. The minimum atomic E-state index is 0.534. The molecular formula is C30H29N2O+. The molecule has 4 saturated carbocycles. The number of pyridine rings is 1. The van der Waals surface area contributed by atoms with Crippen LogP contribution in [0.25, 0.3) is 33.2 Å². The summed E-state index contributed by atoms with van der Waals surface area (Å²) in [6, 6.07) is 17.3. The van der Waals surface area contributed by atoms with Gasteiger partial charge in [0.2, 0.25) is 5.69 Å². The van der Waals surface area contributed by atoms with E-state index in [-0.39, 0.29) is 0 Å². The van der Waals surface area contributed by atoms with E-state index in [1.807, 2.05) is 6.07 Å². The minimum Gasteiger partial charge on any atom is -0.455 e. The van der Waals surface area contributed by atoms with Crippen molar-refractivity contribution in [1.82, 2.24) is 0 Å². The van der Waals surface area contributed by atoms with Crippen molar-refractivity contribution in [3.63, 3.8) is 0 Å². The molecule has 3 nitrogen and oxygen atoms in total. The van der Waals surface area contributed by atoms with Crippen LogP contribution in [0.1, 0.15) is 54.7 Å². The summed E-state index contributed by atoms with van der Waals surface area (Å²) in [5.74, 6) is 3.90. The van der Waals surface area contributed by atoms with Crippen LogP contribution in [-0.4, -0.2) is 0 Å². The maximum atomic E-state index is 9.91. The standard InChI is InChI=1S/C30H29N2O/c1-17-6-7-23-24-14-20(16-31)15-25(28-21-10-18-9-19(12-21)13-22(28)11-18)29(24)33-30(23)27(17)26-5-3-4-8-32(26)2/h3-8,14-15,18-19,21-22,28H,9-13H2,1-2H3/q+1. The van der Waals surface area contributed by atoms with E-state index in [1.54, 1.807) is 0 Å². The van der Waals surface area contributed by atoms with E-state index in [1.165, 1.54) is 43.2 Å². The van der Waals surface area contributed by atoms with Crippen molar-refractivity contribution in [1.29, 1.82) is 5.26 Å². The van der Waals surface area contributed by atoms with Crippen LogP contribution in [0.4, 0.5) is 0 Å². The van der Waals surface area contributed by atoms with Crippen LogP contribution < -0.4 is 4.57 Å². The van der Waals surface area contributed by atoms with Crippen molar-refractivity contribution in [3.05, 3.63) is 65.4 Å². The molecule has 164 valence electrons. The quantitative estimate of drug-likeness (QED) is 0.326. The largest absolute Gasteiger partial charge is 0.455 e. The summed E-state index contributed by atoms with van der Waals surface area (Å²) in [6.07, 6.45) is 8.99. The van der Waals surface area contributed by atoms with Gasteiger partial charge in [-0.2, -0.15) is 5.26 Å². The molecule has 0 aliphatic heterocycles. The van der Waals surface area contributed by atoms with Gasteiger partial charge in [-0.15, -0.1) is 0 Å². The summed E-state index contributed by atoms with van der Waals surface area (Å²) >= 11 is 0. The van der Waals surface area contributed by atoms with E-state index in [0.29, 0.717) is 5.92 Å². The number of hydrogen-bond acceptors (Lipinski definition) is 2. The molecule has 4 aliphatic carbocycles. The smallest absolute Gasteiger partial charge is 0.216 e. The van der Waals surface area contributed by atoms with E-state index in [9.17, 15) is 5.26 Å². The van der Waals surface area contributed by atoms with Crippen molar-refractivity contribution < 1.29 is 8.98 Å². The number of nitrogens with zero attached hydrogens (tertiary/aromatic N) is 2. The Morgan fingerprint density at radius 3 is 2.36 bits per heavy atom. The maximum Gasteiger partial charge on any atom is 0.216 e. The molecule has 4 aromatic rings. The molecule has 0 saturated heterocycles. The van der Waals surface area contributed by atoms with Crippen molar-refractivity contribution in [2.24, 2.45) is 30.7 Å². The number of benzene rings is 2. The summed E-state index contributed by atoms with van der Waals surface area (Å²) in [7, 11) is 2.09. The van der Waals surface area contributed by atoms with Gasteiger partial charge in [0.1, 0.15) is 18.2 Å². The van der Waals surface area contributed by atoms with E-state index >= 15 is 0 Å². The zero-order valence-corrected chi connectivity index (χ0v) is 19.3. The molecule has 3 heteroatoms. The fourth-order valence-electron chi connectivity index (χ4n) is 7.91. The summed E-state index contributed by atoms with van der Waals surface area (Å²) in [6.45, 7) is 2.16. The van der Waals surface area contributed by atoms with Gasteiger partial charge in [-0.05, 0) is 92.4 Å². The molecule has 4 aliphatic rings. The lowest BCUT2D eigenvalue weighted by molar-refractivity contribution is -0.660. The molecule has 0 atom stereocenters. The van der Waals surface area contributed by atoms with Crippen LogP contribution in [0.5, 0.6) is 0 Å². The van der Waals surface area contributed by atoms with Gasteiger partial charge in [-0.3, -0.25) is 0 Å². The van der Waals surface area contributed by atoms with Crippen LogP contribution in [-0.2, 0) is 7.05 Å². The highest BCUT2D eigenvalue weighted by atomic mass is 16.3. The Morgan fingerprint density at radius 2 is 1.67 bits per heavy atom. The average molecular weight is 434 g/mol. The number of furan rings is 1. The summed E-state index contributed by atoms with van der Waals surface area (Å²) in [5, 5.41) is 12.1. The normalized spacial score (nSPS) is 28.0. The Labute approximate surface area is 194 Å². The second-order valence-corrected chi connectivity index (χ2v) is 10.9. The molecule has 4 fully saturated rings. The fourth-order valence-corrected chi connectivity index (χ4v) is 7.91. The topological polar surface area (TPSA) is 40.8 Å². The number of fused-ring (bicyclic) bond motifs is 3. The van der Waals surface area contributed by atoms with Gasteiger partial charge in [0.25, 0.3) is 0 Å². The van der Waals surface area contributed by atoms with Crippen molar-refractivity contribution in [2.75, 3.05) is 0 Å². The zero-order chi connectivity index (χ0) is 22.3. The molecule has 2 heterocycles. The van der Waals surface area contributed by atoms with Crippen LogP contribution in [0.3, 0.4) is 0 Å². The van der Waals surface area contributed by atoms with Gasteiger partial charge in [0.05, 0.1) is 17.2 Å². The first-order valence-electron chi connectivity index (χ1n) is 12.5. The first-order valence-corrected chi connectivity index (χ1v) is 12.5. The Hall–Kier alpha value is -3.12. The van der Waals surface area contributed by atoms with E-state index in [2.05, 4.69) is 67.2 Å². The second kappa shape index (κ2) is 6.94. The predicted octanol–water partition coefficient (Wildman–Crippen LogP) is 6.80. The van der Waals surface area contributed by atoms with Crippen LogP contribution in [0.15, 0.2) is 53.1 Å². The van der Waals surface area contributed by atoms with Gasteiger partial charge < -0.3 is 4.42 Å². The third kappa shape index (κ3) is 2.76. The van der Waals surface area contributed by atoms with Crippen molar-refractivity contribution in [3.8, 4) is 17.3 Å². The van der Waals surface area contributed by atoms with Gasteiger partial charge in [-0.25, -0.2) is 4.57 Å². The number of hydrogen-bond donors (Lipinski definition) is 0. The fraction of sp³-hybridized carbons (Fsp3) is 0.400. The lowest BCUT2D eigenvalue weighted by Crippen LogP contribution is -2.43. The monoisotopic (exact) mass is 433 g/mol. The third-order valence-corrected chi connectivity index (χ3v) is 9.00. The summed E-state index contributed by atoms with van der Waals surface area (Å²) < 4.78 is 9.00. The number of nitriles is 1. The molecule has 8 rings (SSSR count). The van der Waals surface area contributed by atoms with Gasteiger partial charge >= 0.3 is 0 Å². The first-order chi connectivity index (χ1) is 16.1. The Kier molecular flexibility index (Phi) is 4.07. The molecule has 0 spiro atoms. The Morgan fingerprint density at radius 1 is 0.909 bits per heavy atom. The third-order valence-electron chi connectivity index (χ3n) is 9.00. The highest BCUT2D eigenvalue weighted by molar-refractivity contribution is 6.11. The number of rotatable bonds is 2. The molecule has 0 unspecified atom stereocenters. The number of aromatic nitrogens is 1. The SMILES string of the molecule is Cc1ccc2c(oc3c(C4C5CC6CC(C5)CC4C6)cc(C#N)cc32)c1-c1cccc[n+]1C. The molecule has 2 aromatic carbocycles. The van der Waals surface area contributed by atoms with Crippen molar-refractivity contribution >= 4 is 21.9 Å². The number of aryl methyl sites for hydroxylation is 2. The predicted molar refractivity (Wildman–Crippen MR) is 130 cm³/mol. The lowest BCUT2D eigenvalue weighted by atomic mass is 9.50. The van der Waals surface area contributed by atoms with Gasteiger partial charge in [0, 0.05) is 28.5 Å². The lowest BCUT2D eigenvalue weighted by Gasteiger charge is -2.54. The molecule has 2 aromatic heterocycles. The Bertz CT molecular complexity index is 1440. The maximum absolute atomic E-state index is 9.91. The highest BCUT2D eigenvalue weighted by Gasteiger charge is 2.49. The zero-order valence-electron chi connectivity index (χ0n) is 19.3. The van der Waals surface area contributed by atoms with E-state index in [0.717, 1.165) is 62.4 Å². The van der Waals surface area contributed by atoms with Crippen LogP contribution in [0.2, 0.25) is 0 Å². The molecule has 33 heavy (non-hydrogen) atoms. The highest BCUT2D eigenvalue weighted by Crippen LogP contribution is 2.60.